The highest BCUT2D eigenvalue weighted by atomic mass is 79.9. The third kappa shape index (κ3) is 5.07. The molecule has 3 nitrogen and oxygen atoms in total. The van der Waals surface area contributed by atoms with Gasteiger partial charge in [-0.3, -0.25) is 9.69 Å². The van der Waals surface area contributed by atoms with Crippen LogP contribution < -0.4 is 5.32 Å². The van der Waals surface area contributed by atoms with Crippen LogP contribution in [0.15, 0.2) is 46.3 Å². The van der Waals surface area contributed by atoms with Crippen LogP contribution in [0.2, 0.25) is 0 Å². The molecule has 0 saturated heterocycles. The lowest BCUT2D eigenvalue weighted by atomic mass is 10.2. The molecule has 0 atom stereocenters. The predicted octanol–water partition coefficient (Wildman–Crippen LogP) is 3.26. The number of nitrogens with zero attached hydrogens (tertiary/aromatic N) is 1. The molecular formula is C15H17BrN2OS. The molecule has 5 heteroatoms. The molecule has 2 rings (SSSR count). The highest BCUT2D eigenvalue weighted by Crippen LogP contribution is 2.11. The minimum Gasteiger partial charge on any atom is -0.350 e. The van der Waals surface area contributed by atoms with Crippen molar-refractivity contribution < 1.29 is 4.79 Å². The van der Waals surface area contributed by atoms with Crippen LogP contribution in [-0.2, 0) is 17.9 Å². The zero-order valence-electron chi connectivity index (χ0n) is 11.3. The van der Waals surface area contributed by atoms with E-state index in [-0.39, 0.29) is 5.91 Å². The molecule has 0 saturated carbocycles. The van der Waals surface area contributed by atoms with E-state index in [2.05, 4.69) is 33.4 Å². The number of nitrogens with one attached hydrogen (secondary N) is 1. The topological polar surface area (TPSA) is 32.3 Å². The van der Waals surface area contributed by atoms with Gasteiger partial charge in [-0.05, 0) is 36.2 Å². The molecular weight excluding hydrogens is 336 g/mol. The van der Waals surface area contributed by atoms with Crippen LogP contribution >= 0.6 is 27.3 Å². The van der Waals surface area contributed by atoms with Crippen LogP contribution in [0, 0.1) is 0 Å². The zero-order valence-corrected chi connectivity index (χ0v) is 13.7. The number of amides is 1. The number of rotatable bonds is 6. The smallest absolute Gasteiger partial charge is 0.234 e. The Balaban J connectivity index is 1.74. The number of carbonyl (C=O) groups excluding carboxylic acids is 1. The molecule has 0 aliphatic carbocycles. The molecule has 1 N–H and O–H groups in total. The number of hydrogen-bond donors (Lipinski definition) is 1. The summed E-state index contributed by atoms with van der Waals surface area (Å²) in [5.74, 6) is 0.0537. The lowest BCUT2D eigenvalue weighted by molar-refractivity contribution is -0.122. The Labute approximate surface area is 131 Å². The van der Waals surface area contributed by atoms with Gasteiger partial charge in [0, 0.05) is 15.9 Å². The lowest BCUT2D eigenvalue weighted by Crippen LogP contribution is -2.34. The first-order valence-corrected chi connectivity index (χ1v) is 8.03. The number of benzene rings is 1. The Morgan fingerprint density at radius 3 is 2.70 bits per heavy atom. The standard InChI is InChI=1S/C15H17BrN2OS/c1-18(10-12-4-6-13(16)7-5-12)11-15(19)17-9-14-3-2-8-20-14/h2-8H,9-11H2,1H3,(H,17,19). The first-order chi connectivity index (χ1) is 9.63. The van der Waals surface area contributed by atoms with E-state index in [1.165, 1.54) is 10.4 Å². The van der Waals surface area contributed by atoms with Gasteiger partial charge in [-0.15, -0.1) is 11.3 Å². The van der Waals surface area contributed by atoms with Crippen LogP contribution in [0.1, 0.15) is 10.4 Å². The van der Waals surface area contributed by atoms with Crippen LogP contribution in [0.4, 0.5) is 0 Å². The fourth-order valence-electron chi connectivity index (χ4n) is 1.86. The Bertz CT molecular complexity index is 540. The van der Waals surface area contributed by atoms with Gasteiger partial charge in [-0.2, -0.15) is 0 Å². The van der Waals surface area contributed by atoms with E-state index >= 15 is 0 Å². The molecule has 20 heavy (non-hydrogen) atoms. The summed E-state index contributed by atoms with van der Waals surface area (Å²) in [5, 5.41) is 4.95. The molecule has 0 radical (unpaired) electrons. The Kier molecular flexibility index (Phi) is 5.76. The Morgan fingerprint density at radius 1 is 1.30 bits per heavy atom. The number of halogens is 1. The second kappa shape index (κ2) is 7.57. The van der Waals surface area contributed by atoms with Crippen molar-refractivity contribution in [1.29, 1.82) is 0 Å². The quantitative estimate of drug-likeness (QED) is 0.865. The van der Waals surface area contributed by atoms with E-state index in [0.717, 1.165) is 11.0 Å². The van der Waals surface area contributed by atoms with Gasteiger partial charge in [0.2, 0.25) is 5.91 Å². The highest BCUT2D eigenvalue weighted by molar-refractivity contribution is 9.10. The van der Waals surface area contributed by atoms with Gasteiger partial charge in [-0.1, -0.05) is 34.1 Å². The van der Waals surface area contributed by atoms with Gasteiger partial charge in [0.05, 0.1) is 13.1 Å². The molecule has 106 valence electrons. The lowest BCUT2D eigenvalue weighted by Gasteiger charge is -2.16. The van der Waals surface area contributed by atoms with E-state index in [1.807, 2.05) is 41.6 Å². The summed E-state index contributed by atoms with van der Waals surface area (Å²) in [6.45, 7) is 1.78. The van der Waals surface area contributed by atoms with Gasteiger partial charge >= 0.3 is 0 Å². The van der Waals surface area contributed by atoms with Gasteiger partial charge < -0.3 is 5.32 Å². The minimum absolute atomic E-state index is 0.0537. The fourth-order valence-corrected chi connectivity index (χ4v) is 2.77. The fraction of sp³-hybridized carbons (Fsp3) is 0.267. The second-order valence-corrected chi connectivity index (χ2v) is 6.60. The van der Waals surface area contributed by atoms with Crippen molar-refractivity contribution in [2.45, 2.75) is 13.1 Å². The zero-order chi connectivity index (χ0) is 14.4. The maximum absolute atomic E-state index is 11.8. The maximum atomic E-state index is 11.8. The van der Waals surface area contributed by atoms with Crippen molar-refractivity contribution in [2.75, 3.05) is 13.6 Å². The molecule has 0 unspecified atom stereocenters. The Morgan fingerprint density at radius 2 is 2.05 bits per heavy atom. The van der Waals surface area contributed by atoms with E-state index in [1.54, 1.807) is 11.3 Å². The van der Waals surface area contributed by atoms with E-state index in [0.29, 0.717) is 13.1 Å². The number of thiophene rings is 1. The van der Waals surface area contributed by atoms with Gasteiger partial charge in [0.1, 0.15) is 0 Å². The molecule has 0 fully saturated rings. The molecule has 1 amide bonds. The predicted molar refractivity (Wildman–Crippen MR) is 86.6 cm³/mol. The average Bonchev–Trinajstić information content (AvgIpc) is 2.92. The van der Waals surface area contributed by atoms with Crippen molar-refractivity contribution >= 4 is 33.2 Å². The summed E-state index contributed by atoms with van der Waals surface area (Å²) in [6.07, 6.45) is 0. The van der Waals surface area contributed by atoms with E-state index < -0.39 is 0 Å². The Hall–Kier alpha value is -1.17. The monoisotopic (exact) mass is 352 g/mol. The molecule has 2 aromatic rings. The van der Waals surface area contributed by atoms with Crippen LogP contribution in [0.5, 0.6) is 0 Å². The van der Waals surface area contributed by atoms with Crippen LogP contribution in [0.25, 0.3) is 0 Å². The largest absolute Gasteiger partial charge is 0.350 e. The summed E-state index contributed by atoms with van der Waals surface area (Å²) >= 11 is 5.07. The van der Waals surface area contributed by atoms with Crippen molar-refractivity contribution in [1.82, 2.24) is 10.2 Å². The molecule has 0 aliphatic heterocycles. The first-order valence-electron chi connectivity index (χ1n) is 6.35. The summed E-state index contributed by atoms with van der Waals surface area (Å²) < 4.78 is 1.07. The van der Waals surface area contributed by atoms with Crippen molar-refractivity contribution in [3.63, 3.8) is 0 Å². The third-order valence-electron chi connectivity index (χ3n) is 2.82. The second-order valence-electron chi connectivity index (χ2n) is 4.65. The maximum Gasteiger partial charge on any atom is 0.234 e. The van der Waals surface area contributed by atoms with Gasteiger partial charge in [0.25, 0.3) is 0 Å². The summed E-state index contributed by atoms with van der Waals surface area (Å²) in [6, 6.07) is 12.2. The van der Waals surface area contributed by atoms with Gasteiger partial charge in [0.15, 0.2) is 0 Å². The SMILES string of the molecule is CN(CC(=O)NCc1cccs1)Cc1ccc(Br)cc1. The van der Waals surface area contributed by atoms with E-state index in [4.69, 9.17) is 0 Å². The van der Waals surface area contributed by atoms with Crippen molar-refractivity contribution in [3.05, 3.63) is 56.7 Å². The van der Waals surface area contributed by atoms with E-state index in [9.17, 15) is 4.79 Å². The number of carbonyl (C=O) groups is 1. The first kappa shape index (κ1) is 15.2. The summed E-state index contributed by atoms with van der Waals surface area (Å²) in [4.78, 5) is 15.0. The molecule has 1 heterocycles. The van der Waals surface area contributed by atoms with Crippen molar-refractivity contribution in [3.8, 4) is 0 Å². The molecule has 1 aromatic carbocycles. The van der Waals surface area contributed by atoms with Gasteiger partial charge in [-0.25, -0.2) is 0 Å². The number of hydrogen-bond acceptors (Lipinski definition) is 3. The minimum atomic E-state index is 0.0537. The summed E-state index contributed by atoms with van der Waals surface area (Å²) in [7, 11) is 1.95. The molecule has 0 spiro atoms. The third-order valence-corrected chi connectivity index (χ3v) is 4.22. The van der Waals surface area contributed by atoms with Crippen molar-refractivity contribution in [2.24, 2.45) is 0 Å². The van der Waals surface area contributed by atoms with Crippen LogP contribution in [-0.4, -0.2) is 24.4 Å². The highest BCUT2D eigenvalue weighted by Gasteiger charge is 2.07. The van der Waals surface area contributed by atoms with Crippen LogP contribution in [0.3, 0.4) is 0 Å². The molecule has 0 aliphatic rings. The average molecular weight is 353 g/mol. The molecule has 1 aromatic heterocycles. The number of likely N-dealkylation sites (N-methyl/N-ethyl adjacent to an activating group) is 1. The summed E-state index contributed by atoms with van der Waals surface area (Å²) in [5.41, 5.74) is 1.20. The molecule has 0 bridgehead atoms. The normalized spacial score (nSPS) is 10.8.